The Labute approximate surface area is 149 Å². The molecule has 0 radical (unpaired) electrons. The van der Waals surface area contributed by atoms with Crippen molar-refractivity contribution in [3.05, 3.63) is 35.4 Å². The summed E-state index contributed by atoms with van der Waals surface area (Å²) in [6.07, 6.45) is 2.70. The number of nitrogens with two attached hydrogens (primary N) is 1. The summed E-state index contributed by atoms with van der Waals surface area (Å²) in [6.45, 7) is 5.10. The predicted molar refractivity (Wildman–Crippen MR) is 100 cm³/mol. The van der Waals surface area contributed by atoms with Gasteiger partial charge in [0, 0.05) is 26.1 Å². The van der Waals surface area contributed by atoms with Crippen LogP contribution in [0.4, 0.5) is 0 Å². The van der Waals surface area contributed by atoms with Gasteiger partial charge in [0.25, 0.3) is 0 Å². The first-order chi connectivity index (χ1) is 10.2. The van der Waals surface area contributed by atoms with Crippen LogP contribution < -0.4 is 11.1 Å². The van der Waals surface area contributed by atoms with Gasteiger partial charge in [0.05, 0.1) is 6.54 Å². The minimum atomic E-state index is 0. The monoisotopic (exact) mass is 416 g/mol. The van der Waals surface area contributed by atoms with Gasteiger partial charge in [0.1, 0.15) is 0 Å². The van der Waals surface area contributed by atoms with Gasteiger partial charge in [-0.15, -0.1) is 24.0 Å². The molecule has 1 fully saturated rings. The smallest absolute Gasteiger partial charge is 0.222 e. The molecule has 5 nitrogen and oxygen atoms in total. The number of carbonyl (C=O) groups is 1. The van der Waals surface area contributed by atoms with Gasteiger partial charge in [-0.3, -0.25) is 4.79 Å². The predicted octanol–water partition coefficient (Wildman–Crippen LogP) is 2.24. The van der Waals surface area contributed by atoms with E-state index >= 15 is 0 Å². The molecule has 0 atom stereocenters. The maximum atomic E-state index is 11.6. The number of hydrogen-bond donors (Lipinski definition) is 2. The van der Waals surface area contributed by atoms with E-state index in [0.29, 0.717) is 25.5 Å². The molecule has 1 heterocycles. The van der Waals surface area contributed by atoms with E-state index in [9.17, 15) is 4.79 Å². The fourth-order valence-electron chi connectivity index (χ4n) is 2.33. The van der Waals surface area contributed by atoms with E-state index < -0.39 is 0 Å². The Morgan fingerprint density at radius 1 is 1.32 bits per heavy atom. The second kappa shape index (κ2) is 9.66. The van der Waals surface area contributed by atoms with Crippen molar-refractivity contribution in [2.24, 2.45) is 10.7 Å². The van der Waals surface area contributed by atoms with Crippen molar-refractivity contribution < 1.29 is 4.79 Å². The van der Waals surface area contributed by atoms with Crippen molar-refractivity contribution >= 4 is 35.8 Å². The van der Waals surface area contributed by atoms with E-state index in [0.717, 1.165) is 37.1 Å². The van der Waals surface area contributed by atoms with Crippen LogP contribution in [-0.2, 0) is 17.9 Å². The lowest BCUT2D eigenvalue weighted by Crippen LogP contribution is -2.32. The number of hydrogen-bond acceptors (Lipinski definition) is 2. The van der Waals surface area contributed by atoms with Gasteiger partial charge >= 0.3 is 0 Å². The van der Waals surface area contributed by atoms with Crippen molar-refractivity contribution in [2.45, 2.75) is 39.3 Å². The maximum absolute atomic E-state index is 11.6. The number of nitrogens with one attached hydrogen (secondary N) is 1. The first-order valence-corrected chi connectivity index (χ1v) is 7.58. The Kier molecular flexibility index (Phi) is 8.22. The Morgan fingerprint density at radius 3 is 2.59 bits per heavy atom. The second-order valence-electron chi connectivity index (χ2n) is 5.36. The Morgan fingerprint density at radius 2 is 2.00 bits per heavy atom. The fourth-order valence-corrected chi connectivity index (χ4v) is 2.33. The van der Waals surface area contributed by atoms with Crippen LogP contribution in [0.3, 0.4) is 0 Å². The molecule has 1 aliphatic rings. The molecule has 122 valence electrons. The van der Waals surface area contributed by atoms with Gasteiger partial charge < -0.3 is 16.0 Å². The third-order valence-electron chi connectivity index (χ3n) is 3.56. The Hall–Kier alpha value is -1.31. The maximum Gasteiger partial charge on any atom is 0.222 e. The van der Waals surface area contributed by atoms with Crippen molar-refractivity contribution in [1.82, 2.24) is 10.2 Å². The number of halogens is 1. The number of carbonyl (C=O) groups excluding carboxylic acids is 1. The number of benzene rings is 1. The zero-order valence-electron chi connectivity index (χ0n) is 13.0. The van der Waals surface area contributed by atoms with Crippen LogP contribution in [-0.4, -0.2) is 29.9 Å². The number of rotatable bonds is 6. The van der Waals surface area contributed by atoms with E-state index in [4.69, 9.17) is 5.73 Å². The molecule has 1 aliphatic heterocycles. The minimum absolute atomic E-state index is 0. The molecular weight excluding hydrogens is 391 g/mol. The summed E-state index contributed by atoms with van der Waals surface area (Å²) in [7, 11) is 0. The first kappa shape index (κ1) is 18.7. The quantitative estimate of drug-likeness (QED) is 0.425. The zero-order valence-corrected chi connectivity index (χ0v) is 15.4. The summed E-state index contributed by atoms with van der Waals surface area (Å²) in [5.41, 5.74) is 8.04. The van der Waals surface area contributed by atoms with Crippen molar-refractivity contribution in [1.29, 1.82) is 0 Å². The lowest BCUT2D eigenvalue weighted by Gasteiger charge is -2.15. The minimum Gasteiger partial charge on any atom is -0.370 e. The van der Waals surface area contributed by atoms with Gasteiger partial charge in [-0.05, 0) is 24.0 Å². The van der Waals surface area contributed by atoms with Crippen LogP contribution in [0.15, 0.2) is 29.3 Å². The molecule has 0 unspecified atom stereocenters. The van der Waals surface area contributed by atoms with Crippen LogP contribution in [0, 0.1) is 0 Å². The molecule has 0 aliphatic carbocycles. The summed E-state index contributed by atoms with van der Waals surface area (Å²) >= 11 is 0. The largest absolute Gasteiger partial charge is 0.370 e. The second-order valence-corrected chi connectivity index (χ2v) is 5.36. The topological polar surface area (TPSA) is 70.7 Å². The molecule has 0 spiro atoms. The summed E-state index contributed by atoms with van der Waals surface area (Å²) in [5, 5.41) is 3.05. The number of amides is 1. The highest BCUT2D eigenvalue weighted by Gasteiger charge is 2.19. The van der Waals surface area contributed by atoms with E-state index in [2.05, 4.69) is 29.4 Å². The lowest BCUT2D eigenvalue weighted by molar-refractivity contribution is -0.128. The molecule has 1 aromatic carbocycles. The van der Waals surface area contributed by atoms with E-state index in [1.54, 1.807) is 0 Å². The molecule has 1 saturated heterocycles. The average Bonchev–Trinajstić information content (AvgIpc) is 2.89. The highest BCUT2D eigenvalue weighted by Crippen LogP contribution is 2.14. The molecule has 6 heteroatoms. The molecule has 1 amide bonds. The summed E-state index contributed by atoms with van der Waals surface area (Å²) in [4.78, 5) is 17.8. The Bertz CT molecular complexity index is 501. The molecule has 1 aromatic rings. The third kappa shape index (κ3) is 5.82. The molecule has 0 aromatic heterocycles. The number of likely N-dealkylation sites (tertiary alicyclic amines) is 1. The van der Waals surface area contributed by atoms with Gasteiger partial charge in [-0.1, -0.05) is 31.2 Å². The van der Waals surface area contributed by atoms with Crippen molar-refractivity contribution in [3.8, 4) is 0 Å². The molecule has 2 rings (SSSR count). The summed E-state index contributed by atoms with van der Waals surface area (Å²) in [6, 6.07) is 8.22. The normalized spacial score (nSPS) is 14.9. The van der Waals surface area contributed by atoms with Gasteiger partial charge in [-0.25, -0.2) is 4.99 Å². The van der Waals surface area contributed by atoms with Crippen molar-refractivity contribution in [3.63, 3.8) is 0 Å². The van der Waals surface area contributed by atoms with E-state index in [1.165, 1.54) is 0 Å². The van der Waals surface area contributed by atoms with Gasteiger partial charge in [0.2, 0.25) is 5.91 Å². The zero-order chi connectivity index (χ0) is 15.1. The molecular formula is C16H25IN4O. The van der Waals surface area contributed by atoms with Crippen LogP contribution in [0.2, 0.25) is 0 Å². The van der Waals surface area contributed by atoms with E-state index in [1.807, 2.05) is 17.0 Å². The lowest BCUT2D eigenvalue weighted by atomic mass is 10.1. The van der Waals surface area contributed by atoms with Crippen LogP contribution in [0.25, 0.3) is 0 Å². The molecule has 3 N–H and O–H groups in total. The highest BCUT2D eigenvalue weighted by atomic mass is 127. The van der Waals surface area contributed by atoms with Gasteiger partial charge in [-0.2, -0.15) is 0 Å². The summed E-state index contributed by atoms with van der Waals surface area (Å²) in [5.74, 6) is 0.752. The highest BCUT2D eigenvalue weighted by molar-refractivity contribution is 14.0. The molecule has 0 saturated carbocycles. The SMILES string of the molecule is CCCNC(N)=NCc1ccc(CN2CCCC2=O)cc1.I. The Balaban J connectivity index is 0.00000242. The average molecular weight is 416 g/mol. The fraction of sp³-hybridized carbons (Fsp3) is 0.500. The van der Waals surface area contributed by atoms with Gasteiger partial charge in [0.15, 0.2) is 5.96 Å². The standard InChI is InChI=1S/C16H24N4O.HI/c1-2-9-18-16(17)19-11-13-5-7-14(8-6-13)12-20-10-3-4-15(20)21;/h5-8H,2-4,9-12H2,1H3,(H3,17,18,19);1H. The molecule has 22 heavy (non-hydrogen) atoms. The van der Waals surface area contributed by atoms with E-state index in [-0.39, 0.29) is 29.9 Å². The van der Waals surface area contributed by atoms with Crippen LogP contribution >= 0.6 is 24.0 Å². The summed E-state index contributed by atoms with van der Waals surface area (Å²) < 4.78 is 0. The first-order valence-electron chi connectivity index (χ1n) is 7.58. The molecule has 0 bridgehead atoms. The number of nitrogens with zero attached hydrogens (tertiary/aromatic N) is 2. The van der Waals surface area contributed by atoms with Crippen LogP contribution in [0.5, 0.6) is 0 Å². The number of aliphatic imine (C=N–C) groups is 1. The van der Waals surface area contributed by atoms with Crippen molar-refractivity contribution in [2.75, 3.05) is 13.1 Å². The van der Waals surface area contributed by atoms with Crippen LogP contribution in [0.1, 0.15) is 37.3 Å². The third-order valence-corrected chi connectivity index (χ3v) is 3.56. The number of guanidine groups is 1.